The lowest BCUT2D eigenvalue weighted by Crippen LogP contribution is -2.29. The fraction of sp³-hybridized carbons (Fsp3) is 0.176. The summed E-state index contributed by atoms with van der Waals surface area (Å²) in [6, 6.07) is 13.5. The molecule has 1 aromatic heterocycles. The van der Waals surface area contributed by atoms with Gasteiger partial charge in [-0.25, -0.2) is 4.79 Å². The number of aromatic nitrogens is 2. The summed E-state index contributed by atoms with van der Waals surface area (Å²) < 4.78 is 8.59. The molecule has 0 atom stereocenters. The van der Waals surface area contributed by atoms with Crippen molar-refractivity contribution in [3.63, 3.8) is 0 Å². The van der Waals surface area contributed by atoms with Crippen molar-refractivity contribution < 1.29 is 14.6 Å². The SMILES string of the molecule is O=C(O)Cn1c(=O)n2c3c(cc(-c4ccccc4)cc31)OCC2. The number of carboxylic acids is 1. The largest absolute Gasteiger partial charge is 0.489 e. The number of imidazole rings is 1. The Morgan fingerprint density at radius 3 is 2.70 bits per heavy atom. The van der Waals surface area contributed by atoms with Gasteiger partial charge in [0.1, 0.15) is 24.4 Å². The van der Waals surface area contributed by atoms with Crippen LogP contribution in [0.3, 0.4) is 0 Å². The lowest BCUT2D eigenvalue weighted by atomic mass is 10.0. The predicted octanol–water partition coefficient (Wildman–Crippen LogP) is 1.95. The molecule has 6 heteroatoms. The highest BCUT2D eigenvalue weighted by Crippen LogP contribution is 2.34. The van der Waals surface area contributed by atoms with Crippen LogP contribution in [0.1, 0.15) is 0 Å². The summed E-state index contributed by atoms with van der Waals surface area (Å²) >= 11 is 0. The number of benzene rings is 2. The molecule has 23 heavy (non-hydrogen) atoms. The van der Waals surface area contributed by atoms with Gasteiger partial charge in [0.15, 0.2) is 0 Å². The number of hydrogen-bond donors (Lipinski definition) is 1. The number of hydrogen-bond acceptors (Lipinski definition) is 3. The van der Waals surface area contributed by atoms with Gasteiger partial charge in [0.25, 0.3) is 0 Å². The van der Waals surface area contributed by atoms with Crippen molar-refractivity contribution in [3.8, 4) is 16.9 Å². The van der Waals surface area contributed by atoms with E-state index in [-0.39, 0.29) is 12.2 Å². The maximum absolute atomic E-state index is 12.5. The van der Waals surface area contributed by atoms with E-state index in [1.165, 1.54) is 4.57 Å². The van der Waals surface area contributed by atoms with E-state index >= 15 is 0 Å². The maximum atomic E-state index is 12.5. The summed E-state index contributed by atoms with van der Waals surface area (Å²) in [6.07, 6.45) is 0. The molecule has 0 saturated carbocycles. The van der Waals surface area contributed by atoms with E-state index in [9.17, 15) is 9.59 Å². The smallest absolute Gasteiger partial charge is 0.329 e. The van der Waals surface area contributed by atoms with E-state index in [0.717, 1.165) is 11.1 Å². The highest BCUT2D eigenvalue weighted by atomic mass is 16.5. The molecule has 2 aromatic carbocycles. The minimum atomic E-state index is -1.04. The molecule has 6 nitrogen and oxygen atoms in total. The van der Waals surface area contributed by atoms with Crippen LogP contribution >= 0.6 is 0 Å². The third-order valence-electron chi connectivity index (χ3n) is 4.05. The van der Waals surface area contributed by atoms with Crippen molar-refractivity contribution in [1.29, 1.82) is 0 Å². The minimum absolute atomic E-state index is 0.308. The van der Waals surface area contributed by atoms with Crippen LogP contribution in [0.4, 0.5) is 0 Å². The maximum Gasteiger partial charge on any atom is 0.329 e. The van der Waals surface area contributed by atoms with Crippen LogP contribution in [0.5, 0.6) is 5.75 Å². The quantitative estimate of drug-likeness (QED) is 0.802. The molecular formula is C17H14N2O4. The van der Waals surface area contributed by atoms with Crippen LogP contribution in [-0.4, -0.2) is 26.8 Å². The van der Waals surface area contributed by atoms with Gasteiger partial charge in [-0.05, 0) is 23.3 Å². The van der Waals surface area contributed by atoms with Crippen LogP contribution in [0, 0.1) is 0 Å². The van der Waals surface area contributed by atoms with Crippen LogP contribution < -0.4 is 10.4 Å². The Labute approximate surface area is 131 Å². The molecule has 0 unspecified atom stereocenters. The molecule has 4 rings (SSSR count). The molecule has 1 aliphatic rings. The molecule has 0 fully saturated rings. The van der Waals surface area contributed by atoms with Gasteiger partial charge in [-0.3, -0.25) is 13.9 Å². The Morgan fingerprint density at radius 1 is 1.17 bits per heavy atom. The van der Waals surface area contributed by atoms with E-state index in [2.05, 4.69) is 0 Å². The highest BCUT2D eigenvalue weighted by molar-refractivity contribution is 5.89. The van der Waals surface area contributed by atoms with Crippen LogP contribution in [0.25, 0.3) is 22.2 Å². The fourth-order valence-corrected chi connectivity index (χ4v) is 3.06. The molecule has 0 radical (unpaired) electrons. The Kier molecular flexibility index (Phi) is 2.97. The molecule has 1 N–H and O–H groups in total. The second kappa shape index (κ2) is 5.01. The molecule has 0 spiro atoms. The lowest BCUT2D eigenvalue weighted by Gasteiger charge is -2.16. The summed E-state index contributed by atoms with van der Waals surface area (Å²) in [4.78, 5) is 23.6. The number of rotatable bonds is 3. The average Bonchev–Trinajstić information content (AvgIpc) is 2.83. The number of ether oxygens (including phenoxy) is 1. The normalized spacial score (nSPS) is 13.0. The van der Waals surface area contributed by atoms with Crippen molar-refractivity contribution in [2.24, 2.45) is 0 Å². The Hall–Kier alpha value is -3.02. The molecule has 3 aromatic rings. The van der Waals surface area contributed by atoms with E-state index in [1.54, 1.807) is 4.57 Å². The van der Waals surface area contributed by atoms with Gasteiger partial charge in [-0.15, -0.1) is 0 Å². The first kappa shape index (κ1) is 13.6. The van der Waals surface area contributed by atoms with E-state index < -0.39 is 5.97 Å². The Morgan fingerprint density at radius 2 is 1.96 bits per heavy atom. The van der Waals surface area contributed by atoms with Gasteiger partial charge in [-0.1, -0.05) is 30.3 Å². The van der Waals surface area contributed by atoms with Gasteiger partial charge in [0.2, 0.25) is 0 Å². The molecule has 1 aliphatic heterocycles. The molecule has 0 bridgehead atoms. The number of aliphatic carboxylic acids is 1. The highest BCUT2D eigenvalue weighted by Gasteiger charge is 2.23. The van der Waals surface area contributed by atoms with Crippen LogP contribution in [-0.2, 0) is 17.9 Å². The Balaban J connectivity index is 2.04. The molecule has 2 heterocycles. The van der Waals surface area contributed by atoms with Gasteiger partial charge in [0.05, 0.1) is 12.1 Å². The van der Waals surface area contributed by atoms with Gasteiger partial charge < -0.3 is 9.84 Å². The van der Waals surface area contributed by atoms with E-state index in [0.29, 0.717) is 29.9 Å². The zero-order valence-corrected chi connectivity index (χ0v) is 12.2. The summed E-state index contributed by atoms with van der Waals surface area (Å²) in [5, 5.41) is 9.10. The monoisotopic (exact) mass is 310 g/mol. The number of carboxylic acid groups (broad SMARTS) is 1. The van der Waals surface area contributed by atoms with Crippen molar-refractivity contribution in [3.05, 3.63) is 52.9 Å². The minimum Gasteiger partial charge on any atom is -0.489 e. The molecular weight excluding hydrogens is 296 g/mol. The third kappa shape index (κ3) is 2.11. The lowest BCUT2D eigenvalue weighted by molar-refractivity contribution is -0.137. The van der Waals surface area contributed by atoms with E-state index in [1.807, 2.05) is 42.5 Å². The first-order valence-electron chi connectivity index (χ1n) is 7.32. The van der Waals surface area contributed by atoms with Crippen LogP contribution in [0.15, 0.2) is 47.3 Å². The van der Waals surface area contributed by atoms with E-state index in [4.69, 9.17) is 9.84 Å². The topological polar surface area (TPSA) is 73.5 Å². The predicted molar refractivity (Wildman–Crippen MR) is 84.8 cm³/mol. The Bertz CT molecular complexity index is 970. The van der Waals surface area contributed by atoms with Crippen molar-refractivity contribution in [2.75, 3.05) is 6.61 Å². The third-order valence-corrected chi connectivity index (χ3v) is 4.05. The molecule has 0 aliphatic carbocycles. The summed E-state index contributed by atoms with van der Waals surface area (Å²) in [5.74, 6) is -0.424. The average molecular weight is 310 g/mol. The first-order chi connectivity index (χ1) is 11.1. The number of carbonyl (C=O) groups is 1. The van der Waals surface area contributed by atoms with Gasteiger partial charge >= 0.3 is 11.7 Å². The zero-order valence-electron chi connectivity index (χ0n) is 12.2. The summed E-state index contributed by atoms with van der Waals surface area (Å²) in [7, 11) is 0. The van der Waals surface area contributed by atoms with Crippen molar-refractivity contribution in [2.45, 2.75) is 13.1 Å². The fourth-order valence-electron chi connectivity index (χ4n) is 3.06. The number of nitrogens with zero attached hydrogens (tertiary/aromatic N) is 2. The standard InChI is InChI=1S/C17H14N2O4/c20-15(21)10-19-13-8-12(11-4-2-1-3-5-11)9-14-16(13)18(17(19)22)6-7-23-14/h1-5,8-9H,6-7,10H2,(H,20,21). The zero-order chi connectivity index (χ0) is 16.0. The van der Waals surface area contributed by atoms with Crippen molar-refractivity contribution >= 4 is 17.0 Å². The molecule has 0 amide bonds. The molecule has 0 saturated heterocycles. The van der Waals surface area contributed by atoms with Gasteiger partial charge in [-0.2, -0.15) is 0 Å². The second-order valence-electron chi connectivity index (χ2n) is 5.47. The van der Waals surface area contributed by atoms with Gasteiger partial charge in [0, 0.05) is 0 Å². The summed E-state index contributed by atoms with van der Waals surface area (Å²) in [6.45, 7) is 0.469. The van der Waals surface area contributed by atoms with Crippen LogP contribution in [0.2, 0.25) is 0 Å². The van der Waals surface area contributed by atoms with Crippen molar-refractivity contribution in [1.82, 2.24) is 9.13 Å². The summed E-state index contributed by atoms with van der Waals surface area (Å²) in [5.41, 5.74) is 2.83. The first-order valence-corrected chi connectivity index (χ1v) is 7.32. The second-order valence-corrected chi connectivity index (χ2v) is 5.47. The molecule has 116 valence electrons.